The lowest BCUT2D eigenvalue weighted by Gasteiger charge is -2.39. The largest absolute Gasteiger partial charge is 0.350 e. The molecule has 1 aliphatic rings. The predicted molar refractivity (Wildman–Crippen MR) is 126 cm³/mol. The first kappa shape index (κ1) is 22.1. The summed E-state index contributed by atoms with van der Waals surface area (Å²) in [6.45, 7) is 2.77. The van der Waals surface area contributed by atoms with Crippen molar-refractivity contribution in [2.75, 3.05) is 26.2 Å². The fourth-order valence-electron chi connectivity index (χ4n) is 4.03. The molecule has 1 saturated heterocycles. The molecule has 0 radical (unpaired) electrons. The highest BCUT2D eigenvalue weighted by atomic mass is 35.5. The van der Waals surface area contributed by atoms with Crippen molar-refractivity contribution >= 4 is 23.4 Å². The van der Waals surface area contributed by atoms with Crippen molar-refractivity contribution in [1.29, 1.82) is 0 Å². The number of halogens is 1. The van der Waals surface area contributed by atoms with E-state index in [0.29, 0.717) is 43.3 Å². The lowest BCUT2D eigenvalue weighted by molar-refractivity contribution is -0.127. The first-order valence-corrected chi connectivity index (χ1v) is 11.2. The van der Waals surface area contributed by atoms with Gasteiger partial charge in [-0.15, -0.1) is 0 Å². The van der Waals surface area contributed by atoms with Crippen LogP contribution < -0.4 is 5.32 Å². The fraction of sp³-hybridized carbons (Fsp3) is 0.231. The van der Waals surface area contributed by atoms with Crippen LogP contribution in [0.1, 0.15) is 27.5 Å². The van der Waals surface area contributed by atoms with E-state index in [9.17, 15) is 9.59 Å². The van der Waals surface area contributed by atoms with Gasteiger partial charge in [0, 0.05) is 32.7 Å². The van der Waals surface area contributed by atoms with Gasteiger partial charge in [0.05, 0.1) is 10.6 Å². The third-order valence-corrected chi connectivity index (χ3v) is 6.07. The number of hydrogen-bond acceptors (Lipinski definition) is 3. The van der Waals surface area contributed by atoms with Gasteiger partial charge in [-0.1, -0.05) is 84.4 Å². The third kappa shape index (κ3) is 5.18. The molecule has 164 valence electrons. The molecule has 1 unspecified atom stereocenters. The molecule has 5 nitrogen and oxygen atoms in total. The van der Waals surface area contributed by atoms with Gasteiger partial charge in [0.1, 0.15) is 6.04 Å². The minimum absolute atomic E-state index is 0.0362. The Morgan fingerprint density at radius 1 is 0.812 bits per heavy atom. The van der Waals surface area contributed by atoms with Crippen LogP contribution in [0.2, 0.25) is 5.02 Å². The predicted octanol–water partition coefficient (Wildman–Crippen LogP) is 4.16. The summed E-state index contributed by atoms with van der Waals surface area (Å²) in [7, 11) is 0. The van der Waals surface area contributed by atoms with Crippen LogP contribution in [-0.4, -0.2) is 47.8 Å². The minimum atomic E-state index is -0.405. The first-order chi connectivity index (χ1) is 15.6. The van der Waals surface area contributed by atoms with Crippen molar-refractivity contribution in [3.8, 4) is 0 Å². The second kappa shape index (κ2) is 10.4. The zero-order chi connectivity index (χ0) is 22.3. The van der Waals surface area contributed by atoms with Crippen LogP contribution in [-0.2, 0) is 11.3 Å². The molecule has 1 N–H and O–H groups in total. The zero-order valence-electron chi connectivity index (χ0n) is 17.8. The highest BCUT2D eigenvalue weighted by molar-refractivity contribution is 6.33. The van der Waals surface area contributed by atoms with E-state index < -0.39 is 6.04 Å². The normalized spacial score (nSPS) is 15.2. The van der Waals surface area contributed by atoms with Crippen LogP contribution >= 0.6 is 11.6 Å². The fourth-order valence-corrected chi connectivity index (χ4v) is 4.25. The van der Waals surface area contributed by atoms with E-state index in [1.165, 1.54) is 0 Å². The summed E-state index contributed by atoms with van der Waals surface area (Å²) in [5, 5.41) is 3.54. The van der Waals surface area contributed by atoms with E-state index in [4.69, 9.17) is 11.6 Å². The van der Waals surface area contributed by atoms with Gasteiger partial charge in [-0.05, 0) is 23.3 Å². The number of nitrogens with one attached hydrogen (secondary N) is 1. The summed E-state index contributed by atoms with van der Waals surface area (Å²) >= 11 is 6.21. The number of benzene rings is 3. The van der Waals surface area contributed by atoms with Gasteiger partial charge in [0.15, 0.2) is 0 Å². The summed E-state index contributed by atoms with van der Waals surface area (Å²) in [6, 6.07) is 26.4. The van der Waals surface area contributed by atoms with Crippen molar-refractivity contribution in [1.82, 2.24) is 15.1 Å². The van der Waals surface area contributed by atoms with Crippen molar-refractivity contribution in [3.63, 3.8) is 0 Å². The Balaban J connectivity index is 1.45. The lowest BCUT2D eigenvalue weighted by Crippen LogP contribution is -2.52. The lowest BCUT2D eigenvalue weighted by atomic mass is 10.0. The number of piperazine rings is 1. The minimum Gasteiger partial charge on any atom is -0.350 e. The highest BCUT2D eigenvalue weighted by Gasteiger charge is 2.32. The number of rotatable bonds is 6. The molecule has 0 aliphatic carbocycles. The molecule has 0 saturated carbocycles. The molecule has 2 amide bonds. The molecular formula is C26H26ClN3O2. The third-order valence-electron chi connectivity index (χ3n) is 5.74. The van der Waals surface area contributed by atoms with Gasteiger partial charge in [-0.2, -0.15) is 0 Å². The molecule has 3 aromatic rings. The molecule has 1 aliphatic heterocycles. The van der Waals surface area contributed by atoms with Gasteiger partial charge in [-0.3, -0.25) is 14.5 Å². The van der Waals surface area contributed by atoms with Crippen LogP contribution in [0.5, 0.6) is 0 Å². The van der Waals surface area contributed by atoms with Crippen LogP contribution in [0.15, 0.2) is 84.9 Å². The number of amides is 2. The number of carbonyl (C=O) groups is 2. The molecule has 1 fully saturated rings. The van der Waals surface area contributed by atoms with Crippen molar-refractivity contribution in [3.05, 3.63) is 107 Å². The molecule has 0 aromatic heterocycles. The Hall–Kier alpha value is -3.15. The summed E-state index contributed by atoms with van der Waals surface area (Å²) in [5.41, 5.74) is 2.52. The molecule has 6 heteroatoms. The van der Waals surface area contributed by atoms with Crippen LogP contribution in [0.3, 0.4) is 0 Å². The zero-order valence-corrected chi connectivity index (χ0v) is 18.5. The monoisotopic (exact) mass is 447 g/mol. The molecule has 0 spiro atoms. The van der Waals surface area contributed by atoms with Crippen molar-refractivity contribution in [2.45, 2.75) is 12.6 Å². The second-order valence-electron chi connectivity index (χ2n) is 7.82. The highest BCUT2D eigenvalue weighted by Crippen LogP contribution is 2.24. The van der Waals surface area contributed by atoms with Gasteiger partial charge in [0.2, 0.25) is 5.91 Å². The first-order valence-electron chi connectivity index (χ1n) is 10.8. The van der Waals surface area contributed by atoms with Crippen molar-refractivity contribution in [2.24, 2.45) is 0 Å². The van der Waals surface area contributed by atoms with E-state index in [-0.39, 0.29) is 11.8 Å². The Kier molecular flexibility index (Phi) is 7.20. The maximum absolute atomic E-state index is 13.2. The molecular weight excluding hydrogens is 422 g/mol. The van der Waals surface area contributed by atoms with Crippen LogP contribution in [0.4, 0.5) is 0 Å². The standard InChI is InChI=1S/C26H26ClN3O2/c27-23-14-8-7-13-22(23)26(32)30-17-15-29(16-18-30)24(21-11-5-2-6-12-21)25(31)28-19-20-9-3-1-4-10-20/h1-14,24H,15-19H2,(H,28,31). The SMILES string of the molecule is O=C(NCc1ccccc1)C(c1ccccc1)N1CCN(C(=O)c2ccccc2Cl)CC1. The van der Waals surface area contributed by atoms with E-state index >= 15 is 0 Å². The van der Waals surface area contributed by atoms with Gasteiger partial charge >= 0.3 is 0 Å². The molecule has 1 atom stereocenters. The average molecular weight is 448 g/mol. The smallest absolute Gasteiger partial charge is 0.255 e. The maximum Gasteiger partial charge on any atom is 0.255 e. The Morgan fingerprint density at radius 3 is 2.06 bits per heavy atom. The van der Waals surface area contributed by atoms with E-state index in [1.54, 1.807) is 12.1 Å². The molecule has 32 heavy (non-hydrogen) atoms. The van der Waals surface area contributed by atoms with Gasteiger partial charge in [0.25, 0.3) is 5.91 Å². The summed E-state index contributed by atoms with van der Waals surface area (Å²) < 4.78 is 0. The van der Waals surface area contributed by atoms with Crippen LogP contribution in [0, 0.1) is 0 Å². The molecule has 1 heterocycles. The topological polar surface area (TPSA) is 52.7 Å². The van der Waals surface area contributed by atoms with Crippen LogP contribution in [0.25, 0.3) is 0 Å². The van der Waals surface area contributed by atoms with E-state index in [2.05, 4.69) is 10.2 Å². The summed E-state index contributed by atoms with van der Waals surface area (Å²) in [6.07, 6.45) is 0. The Morgan fingerprint density at radius 2 is 1.41 bits per heavy atom. The van der Waals surface area contributed by atoms with Gasteiger partial charge < -0.3 is 10.2 Å². The average Bonchev–Trinajstić information content (AvgIpc) is 2.84. The van der Waals surface area contributed by atoms with Gasteiger partial charge in [-0.25, -0.2) is 0 Å². The van der Waals surface area contributed by atoms with Crippen molar-refractivity contribution < 1.29 is 9.59 Å². The summed E-state index contributed by atoms with van der Waals surface area (Å²) in [4.78, 5) is 30.1. The second-order valence-corrected chi connectivity index (χ2v) is 8.23. The molecule has 3 aromatic carbocycles. The Bertz CT molecular complexity index is 1050. The molecule has 4 rings (SSSR count). The van der Waals surface area contributed by atoms with E-state index in [1.807, 2.05) is 77.7 Å². The number of nitrogens with zero attached hydrogens (tertiary/aromatic N) is 2. The summed E-state index contributed by atoms with van der Waals surface area (Å²) in [5.74, 6) is -0.106. The Labute approximate surface area is 193 Å². The number of hydrogen-bond donors (Lipinski definition) is 1. The maximum atomic E-state index is 13.2. The quantitative estimate of drug-likeness (QED) is 0.617. The molecule has 0 bridgehead atoms. The number of carbonyl (C=O) groups excluding carboxylic acids is 2. The van der Waals surface area contributed by atoms with E-state index in [0.717, 1.165) is 11.1 Å².